The second-order valence-corrected chi connectivity index (χ2v) is 6.48. The Labute approximate surface area is 137 Å². The maximum Gasteiger partial charge on any atom is 0.221 e. The van der Waals surface area contributed by atoms with Crippen molar-refractivity contribution in [1.82, 2.24) is 4.90 Å². The molecule has 1 amide bonds. The Morgan fingerprint density at radius 1 is 1.57 bits per heavy atom. The van der Waals surface area contributed by atoms with Crippen molar-refractivity contribution in [2.24, 2.45) is 0 Å². The van der Waals surface area contributed by atoms with Crippen LogP contribution in [0.1, 0.15) is 38.3 Å². The standard InChI is InChI=1S/C18H25FN2O2/c1-6-16-13(9-14(10-17(16)19)20-12(2)22)7-8-15-11-23-18(3,4)21(15)5/h6,9-10,15H,1,7-8,11H2,2-5H3,(H,20,22)/t15-/m0/s1. The Balaban J connectivity index is 2.16. The summed E-state index contributed by atoms with van der Waals surface area (Å²) in [6, 6.07) is 3.44. The van der Waals surface area contributed by atoms with Gasteiger partial charge in [-0.3, -0.25) is 9.69 Å². The molecule has 23 heavy (non-hydrogen) atoms. The molecule has 1 saturated heterocycles. The van der Waals surface area contributed by atoms with E-state index in [2.05, 4.69) is 16.8 Å². The SMILES string of the molecule is C=Cc1c(F)cc(NC(C)=O)cc1CC[C@H]1COC(C)(C)N1C. The number of nitrogens with one attached hydrogen (secondary N) is 1. The topological polar surface area (TPSA) is 41.6 Å². The highest BCUT2D eigenvalue weighted by atomic mass is 19.1. The molecule has 126 valence electrons. The smallest absolute Gasteiger partial charge is 0.221 e. The lowest BCUT2D eigenvalue weighted by molar-refractivity contribution is -0.114. The molecule has 0 aromatic heterocycles. The molecule has 0 radical (unpaired) electrons. The quantitative estimate of drug-likeness (QED) is 0.904. The van der Waals surface area contributed by atoms with Gasteiger partial charge in [-0.25, -0.2) is 4.39 Å². The van der Waals surface area contributed by atoms with Gasteiger partial charge in [-0.2, -0.15) is 0 Å². The molecule has 1 aromatic rings. The fraction of sp³-hybridized carbons (Fsp3) is 0.500. The van der Waals surface area contributed by atoms with Crippen LogP contribution in [0, 0.1) is 5.82 Å². The third-order valence-electron chi connectivity index (χ3n) is 4.51. The van der Waals surface area contributed by atoms with Crippen LogP contribution in [0.2, 0.25) is 0 Å². The van der Waals surface area contributed by atoms with Gasteiger partial charge in [-0.05, 0) is 51.4 Å². The molecule has 0 aliphatic carbocycles. The fourth-order valence-corrected chi connectivity index (χ4v) is 2.94. The van der Waals surface area contributed by atoms with Crippen LogP contribution in [0.15, 0.2) is 18.7 Å². The van der Waals surface area contributed by atoms with E-state index >= 15 is 0 Å². The van der Waals surface area contributed by atoms with E-state index in [1.165, 1.54) is 19.1 Å². The lowest BCUT2D eigenvalue weighted by Gasteiger charge is -2.29. The summed E-state index contributed by atoms with van der Waals surface area (Å²) in [5.74, 6) is -0.579. The molecule has 1 atom stereocenters. The van der Waals surface area contributed by atoms with Crippen LogP contribution >= 0.6 is 0 Å². The minimum Gasteiger partial charge on any atom is -0.359 e. The van der Waals surface area contributed by atoms with E-state index in [9.17, 15) is 9.18 Å². The minimum absolute atomic E-state index is 0.215. The summed E-state index contributed by atoms with van der Waals surface area (Å²) in [7, 11) is 2.04. The number of carbonyl (C=O) groups excluding carboxylic acids is 1. The number of carbonyl (C=O) groups is 1. The van der Waals surface area contributed by atoms with Crippen LogP contribution in [0.5, 0.6) is 0 Å². The Morgan fingerprint density at radius 2 is 2.26 bits per heavy atom. The van der Waals surface area contributed by atoms with Crippen molar-refractivity contribution in [3.63, 3.8) is 0 Å². The fourth-order valence-electron chi connectivity index (χ4n) is 2.94. The summed E-state index contributed by atoms with van der Waals surface area (Å²) in [6.07, 6.45) is 3.07. The molecule has 1 aromatic carbocycles. The van der Waals surface area contributed by atoms with E-state index < -0.39 is 0 Å². The molecular weight excluding hydrogens is 295 g/mol. The van der Waals surface area contributed by atoms with E-state index in [1.807, 2.05) is 27.0 Å². The number of anilines is 1. The molecular formula is C18H25FN2O2. The number of rotatable bonds is 5. The van der Waals surface area contributed by atoms with Crippen LogP contribution in [-0.4, -0.2) is 36.2 Å². The number of benzene rings is 1. The molecule has 0 bridgehead atoms. The van der Waals surface area contributed by atoms with Crippen LogP contribution in [0.25, 0.3) is 6.08 Å². The third kappa shape index (κ3) is 3.98. The molecule has 4 nitrogen and oxygen atoms in total. The van der Waals surface area contributed by atoms with Crippen molar-refractivity contribution in [2.45, 2.75) is 45.4 Å². The van der Waals surface area contributed by atoms with Crippen molar-refractivity contribution < 1.29 is 13.9 Å². The maximum absolute atomic E-state index is 14.2. The van der Waals surface area contributed by atoms with E-state index in [1.54, 1.807) is 0 Å². The first kappa shape index (κ1) is 17.6. The summed E-state index contributed by atoms with van der Waals surface area (Å²) in [6.45, 7) is 9.86. The molecule has 5 heteroatoms. The number of likely N-dealkylation sites (N-methyl/N-ethyl adjacent to an activating group) is 1. The first-order valence-corrected chi connectivity index (χ1v) is 7.84. The van der Waals surface area contributed by atoms with Gasteiger partial charge in [0.25, 0.3) is 0 Å². The van der Waals surface area contributed by atoms with Gasteiger partial charge in [0.2, 0.25) is 5.91 Å². The number of nitrogens with zero attached hydrogens (tertiary/aromatic N) is 1. The van der Waals surface area contributed by atoms with Crippen LogP contribution < -0.4 is 5.32 Å². The molecule has 0 saturated carbocycles. The highest BCUT2D eigenvalue weighted by Crippen LogP contribution is 2.29. The normalized spacial score (nSPS) is 20.5. The number of amides is 1. The van der Waals surface area contributed by atoms with E-state index in [0.717, 1.165) is 12.0 Å². The average molecular weight is 320 g/mol. The number of hydrogen-bond acceptors (Lipinski definition) is 3. The van der Waals surface area contributed by atoms with Crippen molar-refractivity contribution in [3.05, 3.63) is 35.7 Å². The Hall–Kier alpha value is -1.72. The van der Waals surface area contributed by atoms with Crippen LogP contribution in [0.3, 0.4) is 0 Å². The van der Waals surface area contributed by atoms with Gasteiger partial charge < -0.3 is 10.1 Å². The lowest BCUT2D eigenvalue weighted by atomic mass is 9.98. The summed E-state index contributed by atoms with van der Waals surface area (Å²) in [5, 5.41) is 2.64. The van der Waals surface area contributed by atoms with E-state index in [-0.39, 0.29) is 23.5 Å². The predicted molar refractivity (Wildman–Crippen MR) is 90.7 cm³/mol. The second kappa shape index (κ2) is 6.81. The highest BCUT2D eigenvalue weighted by Gasteiger charge is 2.37. The minimum atomic E-state index is -0.363. The van der Waals surface area contributed by atoms with Gasteiger partial charge in [0.1, 0.15) is 11.5 Å². The predicted octanol–water partition coefficient (Wildman–Crippen LogP) is 3.43. The number of ether oxygens (including phenoxy) is 1. The zero-order chi connectivity index (χ0) is 17.2. The van der Waals surface area contributed by atoms with Crippen molar-refractivity contribution >= 4 is 17.7 Å². The number of aryl methyl sites for hydroxylation is 1. The van der Waals surface area contributed by atoms with Crippen molar-refractivity contribution in [1.29, 1.82) is 0 Å². The van der Waals surface area contributed by atoms with Gasteiger partial charge in [-0.15, -0.1) is 0 Å². The lowest BCUT2D eigenvalue weighted by Crippen LogP contribution is -2.40. The number of halogens is 1. The summed E-state index contributed by atoms with van der Waals surface area (Å²) in [4.78, 5) is 13.4. The molecule has 1 N–H and O–H groups in total. The molecule has 1 fully saturated rings. The van der Waals surface area contributed by atoms with Gasteiger partial charge >= 0.3 is 0 Å². The summed E-state index contributed by atoms with van der Waals surface area (Å²) in [5.41, 5.74) is 1.56. The van der Waals surface area contributed by atoms with Gasteiger partial charge in [-0.1, -0.05) is 12.7 Å². The first-order valence-electron chi connectivity index (χ1n) is 7.84. The van der Waals surface area contributed by atoms with Crippen molar-refractivity contribution in [2.75, 3.05) is 19.0 Å². The van der Waals surface area contributed by atoms with E-state index in [4.69, 9.17) is 4.74 Å². The zero-order valence-corrected chi connectivity index (χ0v) is 14.3. The van der Waals surface area contributed by atoms with E-state index in [0.29, 0.717) is 24.3 Å². The second-order valence-electron chi connectivity index (χ2n) is 6.48. The molecule has 2 rings (SSSR count). The monoisotopic (exact) mass is 320 g/mol. The van der Waals surface area contributed by atoms with Gasteiger partial charge in [0.05, 0.1) is 6.61 Å². The summed E-state index contributed by atoms with van der Waals surface area (Å²) < 4.78 is 20.0. The number of hydrogen-bond donors (Lipinski definition) is 1. The Morgan fingerprint density at radius 3 is 2.78 bits per heavy atom. The Kier molecular flexibility index (Phi) is 5.22. The zero-order valence-electron chi connectivity index (χ0n) is 14.3. The molecule has 1 aliphatic heterocycles. The molecule has 1 heterocycles. The van der Waals surface area contributed by atoms with Crippen molar-refractivity contribution in [3.8, 4) is 0 Å². The van der Waals surface area contributed by atoms with Gasteiger partial charge in [0, 0.05) is 24.2 Å². The van der Waals surface area contributed by atoms with Crippen LogP contribution in [0.4, 0.5) is 10.1 Å². The largest absolute Gasteiger partial charge is 0.359 e. The highest BCUT2D eigenvalue weighted by molar-refractivity contribution is 5.89. The Bertz CT molecular complexity index is 613. The molecule has 0 unspecified atom stereocenters. The van der Waals surface area contributed by atoms with Crippen LogP contribution in [-0.2, 0) is 16.0 Å². The average Bonchev–Trinajstić information content (AvgIpc) is 2.70. The molecule has 0 spiro atoms. The third-order valence-corrected chi connectivity index (χ3v) is 4.51. The first-order chi connectivity index (χ1) is 10.7. The molecule has 1 aliphatic rings. The summed E-state index contributed by atoms with van der Waals surface area (Å²) >= 11 is 0. The maximum atomic E-state index is 14.2. The van der Waals surface area contributed by atoms with Gasteiger partial charge in [0.15, 0.2) is 0 Å².